The molecule has 2 nitrogen and oxygen atoms in total. The van der Waals surface area contributed by atoms with Gasteiger partial charge in [0.2, 0.25) is 0 Å². The second-order valence-corrected chi connectivity index (χ2v) is 6.50. The first kappa shape index (κ1) is 14.8. The third kappa shape index (κ3) is 2.67. The van der Waals surface area contributed by atoms with Crippen molar-refractivity contribution in [2.75, 3.05) is 27.4 Å². The van der Waals surface area contributed by atoms with Crippen LogP contribution in [0.1, 0.15) is 54.7 Å². The quantitative estimate of drug-likeness (QED) is 0.804. The molecule has 1 aromatic rings. The second-order valence-electron chi connectivity index (χ2n) is 6.50. The van der Waals surface area contributed by atoms with Crippen LogP contribution >= 0.6 is 0 Å². The highest BCUT2D eigenvalue weighted by Gasteiger charge is 2.38. The molecule has 0 aliphatic heterocycles. The van der Waals surface area contributed by atoms with Gasteiger partial charge in [-0.15, -0.1) is 0 Å². The maximum atomic E-state index is 5.55. The lowest BCUT2D eigenvalue weighted by atomic mass is 9.74. The molecule has 0 amide bonds. The molecule has 2 aliphatic carbocycles. The first-order chi connectivity index (χ1) is 10.3. The fraction of sp³-hybridized carbons (Fsp3) is 0.579. The van der Waals surface area contributed by atoms with Gasteiger partial charge >= 0.3 is 0 Å². The SMILES string of the molecule is COCC1(COC)C=Cc2cccc(C3CCCCC3)c21. The molecule has 0 unspecified atom stereocenters. The zero-order valence-corrected chi connectivity index (χ0v) is 13.2. The Morgan fingerprint density at radius 2 is 1.76 bits per heavy atom. The maximum absolute atomic E-state index is 5.55. The molecule has 3 rings (SSSR count). The van der Waals surface area contributed by atoms with Gasteiger partial charge in [-0.25, -0.2) is 0 Å². The molecule has 2 heteroatoms. The van der Waals surface area contributed by atoms with E-state index in [1.54, 1.807) is 14.2 Å². The number of hydrogen-bond donors (Lipinski definition) is 0. The summed E-state index contributed by atoms with van der Waals surface area (Å²) >= 11 is 0. The number of methoxy groups -OCH3 is 2. The summed E-state index contributed by atoms with van der Waals surface area (Å²) in [5, 5.41) is 0. The van der Waals surface area contributed by atoms with Crippen LogP contribution < -0.4 is 0 Å². The molecule has 0 radical (unpaired) electrons. The van der Waals surface area contributed by atoms with Crippen molar-refractivity contribution in [2.45, 2.75) is 43.4 Å². The average molecular weight is 286 g/mol. The predicted molar refractivity (Wildman–Crippen MR) is 86.7 cm³/mol. The van der Waals surface area contributed by atoms with Crippen molar-refractivity contribution in [1.29, 1.82) is 0 Å². The van der Waals surface area contributed by atoms with Gasteiger partial charge in [0.25, 0.3) is 0 Å². The molecule has 0 heterocycles. The van der Waals surface area contributed by atoms with Crippen LogP contribution in [-0.2, 0) is 14.9 Å². The Hall–Kier alpha value is -1.12. The van der Waals surface area contributed by atoms with Gasteiger partial charge in [-0.3, -0.25) is 0 Å². The molecule has 1 aromatic carbocycles. The molecule has 0 N–H and O–H groups in total. The van der Waals surface area contributed by atoms with E-state index in [9.17, 15) is 0 Å². The lowest BCUT2D eigenvalue weighted by Gasteiger charge is -2.33. The molecule has 0 spiro atoms. The highest BCUT2D eigenvalue weighted by atomic mass is 16.5. The minimum atomic E-state index is -0.104. The van der Waals surface area contributed by atoms with Crippen molar-refractivity contribution in [3.8, 4) is 0 Å². The van der Waals surface area contributed by atoms with E-state index in [1.807, 2.05) is 0 Å². The number of hydrogen-bond acceptors (Lipinski definition) is 2. The van der Waals surface area contributed by atoms with Crippen molar-refractivity contribution >= 4 is 6.08 Å². The van der Waals surface area contributed by atoms with Crippen LogP contribution in [0.3, 0.4) is 0 Å². The van der Waals surface area contributed by atoms with Crippen LogP contribution in [0.5, 0.6) is 0 Å². The van der Waals surface area contributed by atoms with Crippen molar-refractivity contribution < 1.29 is 9.47 Å². The molecule has 21 heavy (non-hydrogen) atoms. The van der Waals surface area contributed by atoms with E-state index < -0.39 is 0 Å². The Morgan fingerprint density at radius 3 is 2.43 bits per heavy atom. The first-order valence-electron chi connectivity index (χ1n) is 8.11. The van der Waals surface area contributed by atoms with E-state index in [1.165, 1.54) is 48.8 Å². The van der Waals surface area contributed by atoms with E-state index >= 15 is 0 Å². The molecule has 0 bridgehead atoms. The summed E-state index contributed by atoms with van der Waals surface area (Å²) in [4.78, 5) is 0. The van der Waals surface area contributed by atoms with E-state index in [0.717, 1.165) is 0 Å². The highest BCUT2D eigenvalue weighted by Crippen LogP contribution is 2.44. The predicted octanol–water partition coefficient (Wildman–Crippen LogP) is 4.29. The smallest absolute Gasteiger partial charge is 0.0616 e. The minimum absolute atomic E-state index is 0.104. The number of fused-ring (bicyclic) bond motifs is 1. The maximum Gasteiger partial charge on any atom is 0.0616 e. The minimum Gasteiger partial charge on any atom is -0.383 e. The van der Waals surface area contributed by atoms with Crippen LogP contribution in [0.25, 0.3) is 6.08 Å². The van der Waals surface area contributed by atoms with Crippen LogP contribution in [0.2, 0.25) is 0 Å². The Balaban J connectivity index is 2.03. The van der Waals surface area contributed by atoms with Gasteiger partial charge in [0, 0.05) is 14.2 Å². The number of benzene rings is 1. The highest BCUT2D eigenvalue weighted by molar-refractivity contribution is 5.68. The molecule has 1 saturated carbocycles. The summed E-state index contributed by atoms with van der Waals surface area (Å²) < 4.78 is 11.1. The topological polar surface area (TPSA) is 18.5 Å². The van der Waals surface area contributed by atoms with Crippen molar-refractivity contribution in [3.63, 3.8) is 0 Å². The van der Waals surface area contributed by atoms with Gasteiger partial charge in [-0.1, -0.05) is 49.6 Å². The first-order valence-corrected chi connectivity index (χ1v) is 8.11. The van der Waals surface area contributed by atoms with E-state index in [0.29, 0.717) is 19.1 Å². The fourth-order valence-corrected chi connectivity index (χ4v) is 4.19. The van der Waals surface area contributed by atoms with E-state index in [4.69, 9.17) is 9.47 Å². The lowest BCUT2D eigenvalue weighted by Crippen LogP contribution is -2.34. The summed E-state index contributed by atoms with van der Waals surface area (Å²) in [6, 6.07) is 6.77. The standard InChI is InChI=1S/C19H26O2/c1-20-13-19(14-21-2)12-11-16-9-6-10-17(18(16)19)15-7-4-3-5-8-15/h6,9-12,15H,3-5,7-8,13-14H2,1-2H3. The Bertz CT molecular complexity index is 506. The molecule has 2 aliphatic rings. The lowest BCUT2D eigenvalue weighted by molar-refractivity contribution is 0.0838. The van der Waals surface area contributed by atoms with Crippen LogP contribution in [0.4, 0.5) is 0 Å². The number of ether oxygens (including phenoxy) is 2. The average Bonchev–Trinajstić information content (AvgIpc) is 2.88. The van der Waals surface area contributed by atoms with Gasteiger partial charge in [0.15, 0.2) is 0 Å². The summed E-state index contributed by atoms with van der Waals surface area (Å²) in [5.41, 5.74) is 4.24. The Labute approximate surface area is 128 Å². The zero-order valence-electron chi connectivity index (χ0n) is 13.2. The van der Waals surface area contributed by atoms with Gasteiger partial charge in [-0.2, -0.15) is 0 Å². The van der Waals surface area contributed by atoms with Gasteiger partial charge < -0.3 is 9.47 Å². The molecular weight excluding hydrogens is 260 g/mol. The van der Waals surface area contributed by atoms with Crippen molar-refractivity contribution in [3.05, 3.63) is 41.0 Å². The van der Waals surface area contributed by atoms with Crippen LogP contribution in [0, 0.1) is 0 Å². The zero-order chi connectivity index (χ0) is 14.7. The molecular formula is C19H26O2. The van der Waals surface area contributed by atoms with Gasteiger partial charge in [0.05, 0.1) is 18.6 Å². The van der Waals surface area contributed by atoms with Gasteiger partial charge in [-0.05, 0) is 35.4 Å². The molecule has 0 atom stereocenters. The van der Waals surface area contributed by atoms with Crippen molar-refractivity contribution in [2.24, 2.45) is 0 Å². The Kier molecular flexibility index (Phi) is 4.46. The monoisotopic (exact) mass is 286 g/mol. The molecule has 1 fully saturated rings. The third-order valence-corrected chi connectivity index (χ3v) is 5.06. The fourth-order valence-electron chi connectivity index (χ4n) is 4.19. The molecule has 114 valence electrons. The normalized spacial score (nSPS) is 20.7. The summed E-state index contributed by atoms with van der Waals surface area (Å²) in [6.07, 6.45) is 11.3. The summed E-state index contributed by atoms with van der Waals surface area (Å²) in [5.74, 6) is 0.710. The van der Waals surface area contributed by atoms with Crippen LogP contribution in [0.15, 0.2) is 24.3 Å². The number of rotatable bonds is 5. The molecule has 0 aromatic heterocycles. The van der Waals surface area contributed by atoms with Crippen LogP contribution in [-0.4, -0.2) is 27.4 Å². The Morgan fingerprint density at radius 1 is 1.05 bits per heavy atom. The van der Waals surface area contributed by atoms with Crippen molar-refractivity contribution in [1.82, 2.24) is 0 Å². The summed E-state index contributed by atoms with van der Waals surface area (Å²) in [7, 11) is 3.57. The largest absolute Gasteiger partial charge is 0.383 e. The van der Waals surface area contributed by atoms with E-state index in [2.05, 4.69) is 30.4 Å². The second kappa shape index (κ2) is 6.33. The summed E-state index contributed by atoms with van der Waals surface area (Å²) in [6.45, 7) is 1.38. The van der Waals surface area contributed by atoms with E-state index in [-0.39, 0.29) is 5.41 Å². The third-order valence-electron chi connectivity index (χ3n) is 5.06. The van der Waals surface area contributed by atoms with Gasteiger partial charge in [0.1, 0.15) is 0 Å². The molecule has 0 saturated heterocycles.